The smallest absolute Gasteiger partial charge is 0.322 e. The van der Waals surface area contributed by atoms with Crippen LogP contribution >= 0.6 is 0 Å². The number of carbonyl (C=O) groups is 2. The fourth-order valence-corrected chi connectivity index (χ4v) is 3.39. The minimum atomic E-state index is -1.08. The third-order valence-corrected chi connectivity index (χ3v) is 5.07. The van der Waals surface area contributed by atoms with Crippen LogP contribution in [0.2, 0.25) is 0 Å². The largest absolute Gasteiger partial charge is 0.435 e. The van der Waals surface area contributed by atoms with E-state index in [0.29, 0.717) is 12.8 Å². The molecule has 1 atom stereocenters. The molecule has 0 aromatic rings. The highest BCUT2D eigenvalue weighted by atomic mass is 16.6. The van der Waals surface area contributed by atoms with E-state index in [4.69, 9.17) is 4.74 Å². The van der Waals surface area contributed by atoms with Gasteiger partial charge in [0.05, 0.1) is 6.54 Å². The highest BCUT2D eigenvalue weighted by Gasteiger charge is 2.45. The molecule has 1 heterocycles. The molecular formula is C22H39NO3. The minimum Gasteiger partial charge on any atom is -0.435 e. The van der Waals surface area contributed by atoms with Crippen molar-refractivity contribution in [2.24, 2.45) is 0 Å². The van der Waals surface area contributed by atoms with Crippen LogP contribution in [0, 0.1) is 0 Å². The molecular weight excluding hydrogens is 326 g/mol. The summed E-state index contributed by atoms with van der Waals surface area (Å²) in [5.41, 5.74) is -1.08. The molecule has 0 bridgehead atoms. The van der Waals surface area contributed by atoms with Crippen molar-refractivity contribution in [3.8, 4) is 0 Å². The minimum absolute atomic E-state index is 0.0350. The number of carbonyl (C=O) groups excluding carboxylic acids is 2. The molecule has 0 amide bonds. The molecule has 0 saturated carbocycles. The van der Waals surface area contributed by atoms with Gasteiger partial charge in [-0.05, 0) is 25.7 Å². The summed E-state index contributed by atoms with van der Waals surface area (Å²) < 4.78 is 5.43. The highest BCUT2D eigenvalue weighted by molar-refractivity contribution is 5.92. The number of ketones is 1. The van der Waals surface area contributed by atoms with E-state index in [-0.39, 0.29) is 18.3 Å². The SMILES string of the molecule is CCCCCCCC=CCCC1(C(=O)CCCCCCC)NCC(=O)O1. The number of ether oxygens (including phenoxy) is 1. The first-order valence-electron chi connectivity index (χ1n) is 10.8. The van der Waals surface area contributed by atoms with Crippen LogP contribution in [0.3, 0.4) is 0 Å². The van der Waals surface area contributed by atoms with Crippen LogP contribution in [-0.4, -0.2) is 24.0 Å². The van der Waals surface area contributed by atoms with Gasteiger partial charge in [0.1, 0.15) is 0 Å². The van der Waals surface area contributed by atoms with Gasteiger partial charge in [-0.1, -0.05) is 77.4 Å². The molecule has 1 rings (SSSR count). The first kappa shape index (κ1) is 22.9. The predicted octanol–water partition coefficient (Wildman–Crippen LogP) is 5.46. The maximum atomic E-state index is 12.6. The van der Waals surface area contributed by atoms with Gasteiger partial charge in [-0.15, -0.1) is 0 Å². The molecule has 1 N–H and O–H groups in total. The van der Waals surface area contributed by atoms with Crippen LogP contribution in [0.4, 0.5) is 0 Å². The Balaban J connectivity index is 2.31. The standard InChI is InChI=1S/C22H39NO3/c1-3-5-7-9-10-11-12-14-16-18-22(23-19-21(25)26-22)20(24)17-15-13-8-6-4-2/h12,14,23H,3-11,13,15-19H2,1-2H3. The van der Waals surface area contributed by atoms with E-state index in [1.807, 2.05) is 0 Å². The number of nitrogens with one attached hydrogen (secondary N) is 1. The Morgan fingerprint density at radius 2 is 1.58 bits per heavy atom. The molecule has 0 aromatic carbocycles. The van der Waals surface area contributed by atoms with E-state index >= 15 is 0 Å². The number of unbranched alkanes of at least 4 members (excludes halogenated alkanes) is 9. The normalized spacial score (nSPS) is 20.0. The van der Waals surface area contributed by atoms with E-state index in [1.54, 1.807) is 0 Å². The summed E-state index contributed by atoms with van der Waals surface area (Å²) in [6, 6.07) is 0. The molecule has 1 saturated heterocycles. The number of esters is 1. The second-order valence-electron chi connectivity index (χ2n) is 7.45. The topological polar surface area (TPSA) is 55.4 Å². The zero-order valence-electron chi connectivity index (χ0n) is 17.0. The van der Waals surface area contributed by atoms with Gasteiger partial charge < -0.3 is 4.74 Å². The summed E-state index contributed by atoms with van der Waals surface area (Å²) >= 11 is 0. The quantitative estimate of drug-likeness (QED) is 0.224. The molecule has 1 fully saturated rings. The third-order valence-electron chi connectivity index (χ3n) is 5.07. The monoisotopic (exact) mass is 365 g/mol. The van der Waals surface area contributed by atoms with E-state index in [1.165, 1.54) is 51.4 Å². The van der Waals surface area contributed by atoms with E-state index in [0.717, 1.165) is 25.7 Å². The van der Waals surface area contributed by atoms with Crippen LogP contribution in [0.1, 0.15) is 104 Å². The van der Waals surface area contributed by atoms with Crippen molar-refractivity contribution >= 4 is 11.8 Å². The maximum absolute atomic E-state index is 12.6. The molecule has 150 valence electrons. The third kappa shape index (κ3) is 8.98. The molecule has 4 nitrogen and oxygen atoms in total. The number of Topliss-reactive ketones (excluding diaryl/α,β-unsaturated/α-hetero) is 1. The Labute approximate surface area is 160 Å². The van der Waals surface area contributed by atoms with Crippen molar-refractivity contribution in [1.82, 2.24) is 5.32 Å². The van der Waals surface area contributed by atoms with Gasteiger partial charge >= 0.3 is 5.97 Å². The van der Waals surface area contributed by atoms with E-state index < -0.39 is 5.72 Å². The second kappa shape index (κ2) is 14.0. The van der Waals surface area contributed by atoms with E-state index in [2.05, 4.69) is 31.3 Å². The van der Waals surface area contributed by atoms with Gasteiger partial charge in [-0.25, -0.2) is 0 Å². The number of hydrogen-bond donors (Lipinski definition) is 1. The average Bonchev–Trinajstić information content (AvgIpc) is 3.02. The molecule has 1 aliphatic heterocycles. The zero-order chi connectivity index (χ0) is 19.1. The summed E-state index contributed by atoms with van der Waals surface area (Å²) in [5.74, 6) is -0.281. The zero-order valence-corrected chi connectivity index (χ0v) is 17.0. The van der Waals surface area contributed by atoms with Crippen LogP contribution in [0.15, 0.2) is 12.2 Å². The van der Waals surface area contributed by atoms with Crippen molar-refractivity contribution in [2.45, 2.75) is 109 Å². The Hall–Kier alpha value is -1.16. The summed E-state index contributed by atoms with van der Waals surface area (Å²) in [7, 11) is 0. The Morgan fingerprint density at radius 3 is 2.19 bits per heavy atom. The number of hydrogen-bond acceptors (Lipinski definition) is 4. The fourth-order valence-electron chi connectivity index (χ4n) is 3.39. The number of cyclic esters (lactones) is 1. The summed E-state index contributed by atoms with van der Waals surface area (Å²) in [6.45, 7) is 4.55. The highest BCUT2D eigenvalue weighted by Crippen LogP contribution is 2.24. The van der Waals surface area contributed by atoms with Gasteiger partial charge in [-0.3, -0.25) is 14.9 Å². The first-order valence-corrected chi connectivity index (χ1v) is 10.8. The van der Waals surface area contributed by atoms with Crippen LogP contribution in [0.25, 0.3) is 0 Å². The van der Waals surface area contributed by atoms with Crippen molar-refractivity contribution < 1.29 is 14.3 Å². The van der Waals surface area contributed by atoms with Crippen LogP contribution in [0.5, 0.6) is 0 Å². The molecule has 4 heteroatoms. The van der Waals surface area contributed by atoms with Gasteiger partial charge in [0.25, 0.3) is 0 Å². The van der Waals surface area contributed by atoms with E-state index in [9.17, 15) is 9.59 Å². The Morgan fingerprint density at radius 1 is 0.962 bits per heavy atom. The van der Waals surface area contributed by atoms with Crippen molar-refractivity contribution in [3.63, 3.8) is 0 Å². The molecule has 0 aliphatic carbocycles. The predicted molar refractivity (Wildman–Crippen MR) is 107 cm³/mol. The van der Waals surface area contributed by atoms with Crippen LogP contribution < -0.4 is 5.32 Å². The molecule has 0 radical (unpaired) electrons. The molecule has 1 unspecified atom stereocenters. The number of rotatable bonds is 16. The van der Waals surface area contributed by atoms with Gasteiger partial charge in [-0.2, -0.15) is 0 Å². The summed E-state index contributed by atoms with van der Waals surface area (Å²) in [4.78, 5) is 24.2. The fraction of sp³-hybridized carbons (Fsp3) is 0.818. The summed E-state index contributed by atoms with van der Waals surface area (Å²) in [5, 5.41) is 3.04. The maximum Gasteiger partial charge on any atom is 0.322 e. The summed E-state index contributed by atoms with van der Waals surface area (Å²) in [6.07, 6.45) is 19.2. The molecule has 0 aromatic heterocycles. The lowest BCUT2D eigenvalue weighted by molar-refractivity contribution is -0.159. The average molecular weight is 366 g/mol. The number of allylic oxidation sites excluding steroid dienone is 2. The second-order valence-corrected chi connectivity index (χ2v) is 7.45. The lowest BCUT2D eigenvalue weighted by Crippen LogP contribution is -2.48. The Bertz CT molecular complexity index is 433. The first-order chi connectivity index (χ1) is 12.6. The lowest BCUT2D eigenvalue weighted by Gasteiger charge is -2.25. The lowest BCUT2D eigenvalue weighted by atomic mass is 9.97. The van der Waals surface area contributed by atoms with Gasteiger partial charge in [0.15, 0.2) is 5.78 Å². The van der Waals surface area contributed by atoms with Crippen molar-refractivity contribution in [3.05, 3.63) is 12.2 Å². The van der Waals surface area contributed by atoms with Crippen LogP contribution in [-0.2, 0) is 14.3 Å². The molecule has 1 aliphatic rings. The Kier molecular flexibility index (Phi) is 12.3. The van der Waals surface area contributed by atoms with Crippen molar-refractivity contribution in [2.75, 3.05) is 6.54 Å². The van der Waals surface area contributed by atoms with Gasteiger partial charge in [0, 0.05) is 12.8 Å². The molecule has 0 spiro atoms. The molecule has 26 heavy (non-hydrogen) atoms. The van der Waals surface area contributed by atoms with Crippen molar-refractivity contribution in [1.29, 1.82) is 0 Å². The van der Waals surface area contributed by atoms with Gasteiger partial charge in [0.2, 0.25) is 5.72 Å².